The molecule has 2 heterocycles. The van der Waals surface area contributed by atoms with Gasteiger partial charge >= 0.3 is 0 Å². The van der Waals surface area contributed by atoms with Gasteiger partial charge in [0.05, 0.1) is 11.3 Å². The van der Waals surface area contributed by atoms with E-state index in [0.717, 1.165) is 28.6 Å². The molecule has 0 radical (unpaired) electrons. The highest BCUT2D eigenvalue weighted by Crippen LogP contribution is 2.14. The first-order valence-corrected chi connectivity index (χ1v) is 5.75. The lowest BCUT2D eigenvalue weighted by Gasteiger charge is -1.95. The van der Waals surface area contributed by atoms with Crippen LogP contribution in [0.15, 0.2) is 12.1 Å². The summed E-state index contributed by atoms with van der Waals surface area (Å²) < 4.78 is 0. The number of H-pyrrole nitrogens is 1. The zero-order valence-electron chi connectivity index (χ0n) is 8.16. The Kier molecular flexibility index (Phi) is 2.58. The van der Waals surface area contributed by atoms with Crippen LogP contribution in [0.1, 0.15) is 5.82 Å². The number of rotatable bonds is 3. The zero-order chi connectivity index (χ0) is 9.97. The van der Waals surface area contributed by atoms with E-state index in [1.165, 1.54) is 0 Å². The molecule has 0 bridgehead atoms. The summed E-state index contributed by atoms with van der Waals surface area (Å²) in [5.41, 5.74) is 1.77. The number of nitrogens with zero attached hydrogens (tertiary/aromatic N) is 2. The fourth-order valence-corrected chi connectivity index (χ4v) is 1.70. The van der Waals surface area contributed by atoms with Crippen molar-refractivity contribution in [2.24, 2.45) is 0 Å². The summed E-state index contributed by atoms with van der Waals surface area (Å²) in [5, 5.41) is 2.99. The fraction of sp³-hybridized carbons (Fsp3) is 0.333. The molecular formula is C9H12N4S. The van der Waals surface area contributed by atoms with Crippen LogP contribution in [0.2, 0.25) is 0 Å². The van der Waals surface area contributed by atoms with E-state index in [1.807, 2.05) is 19.2 Å². The molecule has 0 unspecified atom stereocenters. The molecule has 2 aromatic heterocycles. The van der Waals surface area contributed by atoms with Crippen LogP contribution in [0.3, 0.4) is 0 Å². The molecule has 4 nitrogen and oxygen atoms in total. The van der Waals surface area contributed by atoms with Gasteiger partial charge in [-0.25, -0.2) is 9.97 Å². The Morgan fingerprint density at radius 2 is 2.29 bits per heavy atom. The molecule has 14 heavy (non-hydrogen) atoms. The quantitative estimate of drug-likeness (QED) is 0.808. The number of thioether (sulfide) groups is 1. The van der Waals surface area contributed by atoms with Crippen molar-refractivity contribution in [3.8, 4) is 0 Å². The van der Waals surface area contributed by atoms with Crippen molar-refractivity contribution in [3.63, 3.8) is 0 Å². The van der Waals surface area contributed by atoms with Crippen molar-refractivity contribution < 1.29 is 0 Å². The third-order valence-electron chi connectivity index (χ3n) is 1.93. The van der Waals surface area contributed by atoms with E-state index in [4.69, 9.17) is 0 Å². The van der Waals surface area contributed by atoms with Gasteiger partial charge in [-0.3, -0.25) is 0 Å². The maximum atomic E-state index is 4.38. The average Bonchev–Trinajstić information content (AvgIpc) is 2.59. The Hall–Kier alpha value is -1.23. The molecule has 74 valence electrons. The second-order valence-electron chi connectivity index (χ2n) is 2.93. The summed E-state index contributed by atoms with van der Waals surface area (Å²) in [6.45, 7) is 0. The van der Waals surface area contributed by atoms with E-state index < -0.39 is 0 Å². The molecule has 2 aromatic rings. The minimum Gasteiger partial charge on any atom is -0.373 e. The third-order valence-corrected chi connectivity index (χ3v) is 2.49. The van der Waals surface area contributed by atoms with Gasteiger partial charge in [-0.15, -0.1) is 0 Å². The van der Waals surface area contributed by atoms with Crippen LogP contribution in [0.25, 0.3) is 11.2 Å². The average molecular weight is 208 g/mol. The lowest BCUT2D eigenvalue weighted by Crippen LogP contribution is -1.91. The minimum absolute atomic E-state index is 0.779. The number of pyridine rings is 1. The molecule has 0 saturated carbocycles. The molecule has 2 N–H and O–H groups in total. The minimum atomic E-state index is 0.779. The molecule has 5 heteroatoms. The second kappa shape index (κ2) is 3.88. The number of aromatic amines is 1. The van der Waals surface area contributed by atoms with E-state index >= 15 is 0 Å². The van der Waals surface area contributed by atoms with Gasteiger partial charge in [-0.05, 0) is 18.4 Å². The normalized spacial score (nSPS) is 10.7. The number of anilines is 1. The van der Waals surface area contributed by atoms with E-state index in [2.05, 4.69) is 26.5 Å². The number of hydrogen-bond donors (Lipinski definition) is 2. The Morgan fingerprint density at radius 1 is 1.43 bits per heavy atom. The number of imidazole rings is 1. The largest absolute Gasteiger partial charge is 0.373 e. The smallest absolute Gasteiger partial charge is 0.179 e. The number of nitrogens with one attached hydrogen (secondary N) is 2. The van der Waals surface area contributed by atoms with Gasteiger partial charge in [0.15, 0.2) is 5.65 Å². The monoisotopic (exact) mass is 208 g/mol. The number of fused-ring (bicyclic) bond motifs is 1. The highest BCUT2D eigenvalue weighted by Gasteiger charge is 2.03. The molecule has 2 rings (SSSR count). The van der Waals surface area contributed by atoms with E-state index in [0.29, 0.717) is 0 Å². The van der Waals surface area contributed by atoms with Crippen LogP contribution in [0.5, 0.6) is 0 Å². The van der Waals surface area contributed by atoms with Crippen LogP contribution in [-0.4, -0.2) is 28.3 Å². The van der Waals surface area contributed by atoms with Crippen LogP contribution < -0.4 is 5.32 Å². The molecule has 0 aliphatic heterocycles. The van der Waals surface area contributed by atoms with Crippen molar-refractivity contribution in [2.75, 3.05) is 18.6 Å². The highest BCUT2D eigenvalue weighted by atomic mass is 32.2. The van der Waals surface area contributed by atoms with Crippen molar-refractivity contribution >= 4 is 28.7 Å². The molecule has 0 atom stereocenters. The van der Waals surface area contributed by atoms with Gasteiger partial charge in [0, 0.05) is 7.05 Å². The topological polar surface area (TPSA) is 53.6 Å². The standard InChI is InChI=1S/C9H12N4S/c1-10-7-4-3-6-9(12-7)13-8(11-6)5-14-2/h3-4H,5H2,1-2H3,(H2,10,11,12,13). The second-order valence-corrected chi connectivity index (χ2v) is 3.80. The highest BCUT2D eigenvalue weighted by molar-refractivity contribution is 7.97. The lowest BCUT2D eigenvalue weighted by molar-refractivity contribution is 1.13. The first-order chi connectivity index (χ1) is 6.83. The predicted molar refractivity (Wildman–Crippen MR) is 60.7 cm³/mol. The van der Waals surface area contributed by atoms with Gasteiger partial charge < -0.3 is 10.3 Å². The van der Waals surface area contributed by atoms with Gasteiger partial charge in [-0.1, -0.05) is 0 Å². The van der Waals surface area contributed by atoms with Crippen LogP contribution in [-0.2, 0) is 5.75 Å². The molecule has 0 spiro atoms. The maximum Gasteiger partial charge on any atom is 0.179 e. The van der Waals surface area contributed by atoms with Gasteiger partial charge in [0.25, 0.3) is 0 Å². The summed E-state index contributed by atoms with van der Waals surface area (Å²) in [4.78, 5) is 11.9. The van der Waals surface area contributed by atoms with Crippen molar-refractivity contribution in [2.45, 2.75) is 5.75 Å². The van der Waals surface area contributed by atoms with Gasteiger partial charge in [0.1, 0.15) is 11.6 Å². The van der Waals surface area contributed by atoms with Crippen molar-refractivity contribution in [1.82, 2.24) is 15.0 Å². The summed E-state index contributed by atoms with van der Waals surface area (Å²) in [6.07, 6.45) is 2.06. The molecular weight excluding hydrogens is 196 g/mol. The summed E-state index contributed by atoms with van der Waals surface area (Å²) in [5.74, 6) is 2.72. The Bertz CT molecular complexity index is 437. The SMILES string of the molecule is CNc1ccc2[nH]c(CSC)nc2n1. The zero-order valence-corrected chi connectivity index (χ0v) is 8.98. The van der Waals surface area contributed by atoms with Gasteiger partial charge in [0.2, 0.25) is 0 Å². The summed E-state index contributed by atoms with van der Waals surface area (Å²) >= 11 is 1.74. The van der Waals surface area contributed by atoms with E-state index in [1.54, 1.807) is 11.8 Å². The Labute approximate surface area is 86.5 Å². The van der Waals surface area contributed by atoms with Crippen LogP contribution in [0, 0.1) is 0 Å². The number of hydrogen-bond acceptors (Lipinski definition) is 4. The molecule has 0 saturated heterocycles. The van der Waals surface area contributed by atoms with Crippen LogP contribution in [0.4, 0.5) is 5.82 Å². The predicted octanol–water partition coefficient (Wildman–Crippen LogP) is 1.86. The molecule has 0 aliphatic carbocycles. The first kappa shape index (κ1) is 9.33. The van der Waals surface area contributed by atoms with Gasteiger partial charge in [-0.2, -0.15) is 11.8 Å². The lowest BCUT2D eigenvalue weighted by atomic mass is 10.4. The van der Waals surface area contributed by atoms with Crippen molar-refractivity contribution in [1.29, 1.82) is 0 Å². The Balaban J connectivity index is 2.43. The van der Waals surface area contributed by atoms with Crippen molar-refractivity contribution in [3.05, 3.63) is 18.0 Å². The first-order valence-electron chi connectivity index (χ1n) is 4.36. The van der Waals surface area contributed by atoms with Crippen LogP contribution >= 0.6 is 11.8 Å². The molecule has 0 amide bonds. The maximum absolute atomic E-state index is 4.38. The van der Waals surface area contributed by atoms with E-state index in [-0.39, 0.29) is 0 Å². The fourth-order valence-electron chi connectivity index (χ4n) is 1.29. The number of aromatic nitrogens is 3. The summed E-state index contributed by atoms with van der Waals surface area (Å²) in [6, 6.07) is 3.92. The summed E-state index contributed by atoms with van der Waals surface area (Å²) in [7, 11) is 1.85. The molecule has 0 fully saturated rings. The third kappa shape index (κ3) is 1.68. The molecule has 0 aromatic carbocycles. The Morgan fingerprint density at radius 3 is 3.00 bits per heavy atom. The van der Waals surface area contributed by atoms with E-state index in [9.17, 15) is 0 Å². The molecule has 0 aliphatic rings.